The summed E-state index contributed by atoms with van der Waals surface area (Å²) in [6.07, 6.45) is -1.24. The Hall–Kier alpha value is -3.24. The van der Waals surface area contributed by atoms with Crippen LogP contribution in [-0.4, -0.2) is 33.3 Å². The lowest BCUT2D eigenvalue weighted by Gasteiger charge is -2.17. The zero-order valence-corrected chi connectivity index (χ0v) is 19.4. The normalized spacial score (nSPS) is 14.6. The minimum Gasteiger partial charge on any atom is -0.346 e. The highest BCUT2D eigenvalue weighted by molar-refractivity contribution is 7.09. The maximum absolute atomic E-state index is 14.1. The van der Waals surface area contributed by atoms with Gasteiger partial charge in [-0.15, -0.1) is 11.3 Å². The summed E-state index contributed by atoms with van der Waals surface area (Å²) in [5.41, 5.74) is -0.464. The molecule has 1 aliphatic rings. The van der Waals surface area contributed by atoms with Crippen molar-refractivity contribution in [1.82, 2.24) is 19.6 Å². The number of likely N-dealkylation sites (tertiary alicyclic amines) is 1. The maximum Gasteiger partial charge on any atom is 0.420 e. The lowest BCUT2D eigenvalue weighted by atomic mass is 10.1. The molecule has 4 aromatic rings. The second kappa shape index (κ2) is 9.43. The molecule has 1 aromatic carbocycles. The molecule has 1 amide bonds. The number of rotatable bonds is 6. The molecule has 1 aliphatic heterocycles. The van der Waals surface area contributed by atoms with E-state index in [1.54, 1.807) is 6.07 Å². The van der Waals surface area contributed by atoms with Crippen LogP contribution < -0.4 is 5.32 Å². The number of fused-ring (bicyclic) bond motifs is 1. The predicted molar refractivity (Wildman–Crippen MR) is 126 cm³/mol. The van der Waals surface area contributed by atoms with Crippen molar-refractivity contribution in [3.05, 3.63) is 81.7 Å². The number of carbonyl (C=O) groups excluding carboxylic acids is 1. The number of benzene rings is 1. The van der Waals surface area contributed by atoms with Crippen molar-refractivity contribution >= 4 is 22.9 Å². The molecule has 35 heavy (non-hydrogen) atoms. The molecule has 0 aliphatic carbocycles. The maximum atomic E-state index is 14.1. The number of alkyl halides is 3. The fourth-order valence-electron chi connectivity index (χ4n) is 4.38. The fourth-order valence-corrected chi connectivity index (χ4v) is 5.02. The summed E-state index contributed by atoms with van der Waals surface area (Å²) in [6.45, 7) is 2.12. The van der Waals surface area contributed by atoms with Crippen LogP contribution in [0, 0.1) is 5.82 Å². The third-order valence-corrected chi connectivity index (χ3v) is 6.95. The summed E-state index contributed by atoms with van der Waals surface area (Å²) >= 11 is 1.47. The van der Waals surface area contributed by atoms with E-state index in [0.717, 1.165) is 36.9 Å². The zero-order valence-electron chi connectivity index (χ0n) is 18.6. The van der Waals surface area contributed by atoms with Crippen molar-refractivity contribution < 1.29 is 22.4 Å². The number of thiophene rings is 1. The van der Waals surface area contributed by atoms with E-state index in [1.807, 2.05) is 17.5 Å². The van der Waals surface area contributed by atoms with Crippen LogP contribution in [0.2, 0.25) is 0 Å². The molecule has 3 aromatic heterocycles. The van der Waals surface area contributed by atoms with Gasteiger partial charge < -0.3 is 9.72 Å². The Labute approximate surface area is 203 Å². The van der Waals surface area contributed by atoms with Crippen molar-refractivity contribution in [3.8, 4) is 11.1 Å². The van der Waals surface area contributed by atoms with Crippen LogP contribution in [0.25, 0.3) is 16.8 Å². The molecule has 0 unspecified atom stereocenters. The minimum absolute atomic E-state index is 0.0321. The number of amides is 1. The molecule has 5 rings (SSSR count). The van der Waals surface area contributed by atoms with E-state index in [0.29, 0.717) is 11.3 Å². The molecule has 1 N–H and O–H groups in total. The Morgan fingerprint density at radius 2 is 1.89 bits per heavy atom. The summed E-state index contributed by atoms with van der Waals surface area (Å²) in [4.78, 5) is 20.4. The number of pyridine rings is 1. The van der Waals surface area contributed by atoms with Crippen molar-refractivity contribution in [1.29, 1.82) is 0 Å². The van der Waals surface area contributed by atoms with E-state index in [-0.39, 0.29) is 30.0 Å². The van der Waals surface area contributed by atoms with Gasteiger partial charge in [0, 0.05) is 17.6 Å². The van der Waals surface area contributed by atoms with Gasteiger partial charge in [0.15, 0.2) is 5.69 Å². The number of halogens is 4. The molecule has 0 spiro atoms. The first-order chi connectivity index (χ1) is 16.8. The summed E-state index contributed by atoms with van der Waals surface area (Å²) in [5.74, 6) is -1.08. The van der Waals surface area contributed by atoms with Crippen molar-refractivity contribution in [2.75, 3.05) is 13.1 Å². The van der Waals surface area contributed by atoms with Gasteiger partial charge in [0.05, 0.1) is 17.8 Å². The summed E-state index contributed by atoms with van der Waals surface area (Å²) in [7, 11) is 0. The summed E-state index contributed by atoms with van der Waals surface area (Å²) < 4.78 is 57.6. The van der Waals surface area contributed by atoms with Gasteiger partial charge >= 0.3 is 6.18 Å². The van der Waals surface area contributed by atoms with Gasteiger partial charge in [-0.05, 0) is 66.7 Å². The van der Waals surface area contributed by atoms with Gasteiger partial charge in [-0.1, -0.05) is 18.2 Å². The second-order valence-electron chi connectivity index (χ2n) is 8.50. The second-order valence-corrected chi connectivity index (χ2v) is 9.53. The lowest BCUT2D eigenvalue weighted by Crippen LogP contribution is -2.26. The fraction of sp³-hybridized carbons (Fsp3) is 0.280. The van der Waals surface area contributed by atoms with Crippen LogP contribution >= 0.6 is 11.3 Å². The van der Waals surface area contributed by atoms with Crippen molar-refractivity contribution in [2.45, 2.75) is 32.1 Å². The molecular formula is C25H22F4N4OS. The first kappa shape index (κ1) is 23.5. The van der Waals surface area contributed by atoms with Gasteiger partial charge in [0.25, 0.3) is 5.91 Å². The highest BCUT2D eigenvalue weighted by Crippen LogP contribution is 2.36. The molecule has 5 nitrogen and oxygen atoms in total. The SMILES string of the molecule is O=C(NCc1cccs1)c1nc2c(C(F)(F)F)cc(-c3cccc(F)c3)cn2c1CN1CCCC1. The first-order valence-electron chi connectivity index (χ1n) is 11.2. The van der Waals surface area contributed by atoms with E-state index in [2.05, 4.69) is 15.2 Å². The Kier molecular flexibility index (Phi) is 6.33. The molecule has 10 heteroatoms. The quantitative estimate of drug-likeness (QED) is 0.342. The number of imidazole rings is 1. The number of aromatic nitrogens is 2. The molecular weight excluding hydrogens is 480 g/mol. The molecule has 0 radical (unpaired) electrons. The number of nitrogens with zero attached hydrogens (tertiary/aromatic N) is 3. The van der Waals surface area contributed by atoms with Crippen LogP contribution in [0.15, 0.2) is 54.0 Å². The number of nitrogens with one attached hydrogen (secondary N) is 1. The predicted octanol–water partition coefficient (Wildman–Crippen LogP) is 5.75. The van der Waals surface area contributed by atoms with Crippen molar-refractivity contribution in [2.24, 2.45) is 0 Å². The van der Waals surface area contributed by atoms with E-state index in [4.69, 9.17) is 0 Å². The zero-order chi connectivity index (χ0) is 24.6. The standard InChI is InChI=1S/C25H22F4N4OS/c26-18-6-3-5-16(11-18)17-12-20(25(27,28)29)23-31-22(24(34)30-13-19-7-4-10-35-19)21(33(23)14-17)15-32-8-1-2-9-32/h3-7,10-12,14H,1-2,8-9,13,15H2,(H,30,34). The van der Waals surface area contributed by atoms with E-state index in [1.165, 1.54) is 40.1 Å². The number of carbonyl (C=O) groups is 1. The molecule has 0 atom stereocenters. The van der Waals surface area contributed by atoms with Gasteiger partial charge in [0.2, 0.25) is 0 Å². The Bertz CT molecular complexity index is 1360. The first-order valence-corrected chi connectivity index (χ1v) is 12.1. The molecule has 0 bridgehead atoms. The van der Waals surface area contributed by atoms with Crippen LogP contribution in [-0.2, 0) is 19.3 Å². The molecule has 1 saturated heterocycles. The monoisotopic (exact) mass is 502 g/mol. The van der Waals surface area contributed by atoms with Crippen LogP contribution in [0.5, 0.6) is 0 Å². The number of hydrogen-bond donors (Lipinski definition) is 1. The topological polar surface area (TPSA) is 49.6 Å². The Balaban J connectivity index is 1.65. The Morgan fingerprint density at radius 1 is 1.09 bits per heavy atom. The largest absolute Gasteiger partial charge is 0.420 e. The minimum atomic E-state index is -4.72. The van der Waals surface area contributed by atoms with Gasteiger partial charge in [-0.2, -0.15) is 13.2 Å². The molecule has 1 fully saturated rings. The van der Waals surface area contributed by atoms with Gasteiger partial charge in [-0.3, -0.25) is 9.69 Å². The van der Waals surface area contributed by atoms with Crippen molar-refractivity contribution in [3.63, 3.8) is 0 Å². The molecule has 182 valence electrons. The third kappa shape index (κ3) is 4.94. The number of hydrogen-bond acceptors (Lipinski definition) is 4. The van der Waals surface area contributed by atoms with E-state index >= 15 is 0 Å². The third-order valence-electron chi connectivity index (χ3n) is 6.07. The molecule has 0 saturated carbocycles. The van der Waals surface area contributed by atoms with Gasteiger partial charge in [-0.25, -0.2) is 9.37 Å². The molecule has 4 heterocycles. The summed E-state index contributed by atoms with van der Waals surface area (Å²) in [6, 6.07) is 10.1. The van der Waals surface area contributed by atoms with Crippen LogP contribution in [0.1, 0.15) is 39.5 Å². The Morgan fingerprint density at radius 3 is 2.57 bits per heavy atom. The average Bonchev–Trinajstić information content (AvgIpc) is 3.58. The van der Waals surface area contributed by atoms with Crippen LogP contribution in [0.4, 0.5) is 17.6 Å². The smallest absolute Gasteiger partial charge is 0.346 e. The van der Waals surface area contributed by atoms with E-state index in [9.17, 15) is 22.4 Å². The summed E-state index contributed by atoms with van der Waals surface area (Å²) in [5, 5.41) is 4.67. The highest BCUT2D eigenvalue weighted by atomic mass is 32.1. The lowest BCUT2D eigenvalue weighted by molar-refractivity contribution is -0.136. The van der Waals surface area contributed by atoms with E-state index < -0.39 is 23.5 Å². The van der Waals surface area contributed by atoms with Crippen LogP contribution in [0.3, 0.4) is 0 Å². The highest BCUT2D eigenvalue weighted by Gasteiger charge is 2.36. The van der Waals surface area contributed by atoms with Gasteiger partial charge in [0.1, 0.15) is 11.5 Å². The average molecular weight is 503 g/mol.